The van der Waals surface area contributed by atoms with E-state index in [1.54, 1.807) is 24.3 Å². The highest BCUT2D eigenvalue weighted by molar-refractivity contribution is 5.94. The molecule has 0 aliphatic rings. The Hall–Kier alpha value is -2.86. The van der Waals surface area contributed by atoms with Gasteiger partial charge in [-0.05, 0) is 36.8 Å². The van der Waals surface area contributed by atoms with Crippen molar-refractivity contribution in [3.63, 3.8) is 0 Å². The average molecular weight is 341 g/mol. The van der Waals surface area contributed by atoms with Crippen LogP contribution in [0.2, 0.25) is 0 Å². The fourth-order valence-corrected chi connectivity index (χ4v) is 2.31. The van der Waals surface area contributed by atoms with E-state index < -0.39 is 0 Å². The lowest BCUT2D eigenvalue weighted by atomic mass is 10.2. The largest absolute Gasteiger partial charge is 0.384 e. The summed E-state index contributed by atoms with van der Waals surface area (Å²) in [6.45, 7) is 2.55. The number of carbonyl (C=O) groups excluding carboxylic acids is 2. The van der Waals surface area contributed by atoms with Gasteiger partial charge in [-0.2, -0.15) is 0 Å². The van der Waals surface area contributed by atoms with Gasteiger partial charge in [-0.1, -0.05) is 24.3 Å². The maximum absolute atomic E-state index is 12.1. The quantitative estimate of drug-likeness (QED) is 0.689. The molecule has 25 heavy (non-hydrogen) atoms. The molecule has 0 heterocycles. The number of carbonyl (C=O) groups is 2. The second-order valence-electron chi connectivity index (χ2n) is 5.60. The molecule has 2 aromatic rings. The average Bonchev–Trinajstić information content (AvgIpc) is 2.57. The van der Waals surface area contributed by atoms with Gasteiger partial charge in [0.25, 0.3) is 0 Å². The molecule has 3 N–H and O–H groups in total. The van der Waals surface area contributed by atoms with Crippen molar-refractivity contribution in [2.75, 3.05) is 36.2 Å². The minimum Gasteiger partial charge on any atom is -0.384 e. The van der Waals surface area contributed by atoms with E-state index in [0.29, 0.717) is 24.3 Å². The highest BCUT2D eigenvalue weighted by Crippen LogP contribution is 2.16. The van der Waals surface area contributed by atoms with E-state index in [4.69, 9.17) is 4.74 Å². The molecule has 0 radical (unpaired) electrons. The summed E-state index contributed by atoms with van der Waals surface area (Å²) in [5.41, 5.74) is 3.41. The predicted molar refractivity (Wildman–Crippen MR) is 99.9 cm³/mol. The molecule has 0 saturated heterocycles. The summed E-state index contributed by atoms with van der Waals surface area (Å²) in [6, 6.07) is 14.9. The molecule has 6 heteroatoms. The molecular formula is C19H23N3O3. The molecule has 0 fully saturated rings. The van der Waals surface area contributed by atoms with Crippen LogP contribution in [0.15, 0.2) is 48.5 Å². The topological polar surface area (TPSA) is 79.5 Å². The Labute approximate surface area is 147 Å². The van der Waals surface area contributed by atoms with Crippen LogP contribution in [-0.4, -0.2) is 32.1 Å². The highest BCUT2D eigenvalue weighted by atomic mass is 16.5. The van der Waals surface area contributed by atoms with E-state index in [0.717, 1.165) is 11.3 Å². The number of benzene rings is 2. The Morgan fingerprint density at radius 2 is 1.64 bits per heavy atom. The van der Waals surface area contributed by atoms with Crippen molar-refractivity contribution in [1.82, 2.24) is 0 Å². The third-order valence-corrected chi connectivity index (χ3v) is 3.52. The smallest absolute Gasteiger partial charge is 0.250 e. The minimum atomic E-state index is -0.242. The van der Waals surface area contributed by atoms with Gasteiger partial charge in [0.1, 0.15) is 6.61 Å². The first kappa shape index (κ1) is 18.5. The van der Waals surface area contributed by atoms with Crippen molar-refractivity contribution in [2.45, 2.75) is 13.3 Å². The molecule has 2 aromatic carbocycles. The standard InChI is InChI=1S/C19H23N3O3/c1-14-6-3-4-9-17(14)20-11-10-18(23)21-15-7-5-8-16(12-15)22-19(24)13-25-2/h3-9,12,20H,10-11,13H2,1-2H3,(H,21,23)(H,22,24). The Balaban J connectivity index is 1.82. The molecule has 0 aliphatic carbocycles. The van der Waals surface area contributed by atoms with Gasteiger partial charge < -0.3 is 20.7 Å². The lowest BCUT2D eigenvalue weighted by molar-refractivity contribution is -0.119. The molecule has 0 spiro atoms. The first-order valence-corrected chi connectivity index (χ1v) is 8.06. The Morgan fingerprint density at radius 3 is 2.32 bits per heavy atom. The molecular weight excluding hydrogens is 318 g/mol. The van der Waals surface area contributed by atoms with E-state index in [1.165, 1.54) is 7.11 Å². The number of aryl methyl sites for hydroxylation is 1. The van der Waals surface area contributed by atoms with Crippen molar-refractivity contribution in [2.24, 2.45) is 0 Å². The molecule has 132 valence electrons. The first-order chi connectivity index (χ1) is 12.1. The van der Waals surface area contributed by atoms with Crippen molar-refractivity contribution in [3.05, 3.63) is 54.1 Å². The zero-order valence-electron chi connectivity index (χ0n) is 14.5. The van der Waals surface area contributed by atoms with Gasteiger partial charge in [-0.15, -0.1) is 0 Å². The zero-order chi connectivity index (χ0) is 18.1. The van der Waals surface area contributed by atoms with E-state index in [2.05, 4.69) is 16.0 Å². The SMILES string of the molecule is COCC(=O)Nc1cccc(NC(=O)CCNc2ccccc2C)c1. The third kappa shape index (κ3) is 6.27. The Kier molecular flexibility index (Phi) is 6.98. The summed E-state index contributed by atoms with van der Waals surface area (Å²) >= 11 is 0. The van der Waals surface area contributed by atoms with E-state index in [9.17, 15) is 9.59 Å². The maximum atomic E-state index is 12.1. The van der Waals surface area contributed by atoms with Crippen molar-refractivity contribution >= 4 is 28.9 Å². The molecule has 6 nitrogen and oxygen atoms in total. The maximum Gasteiger partial charge on any atom is 0.250 e. The minimum absolute atomic E-state index is 0.0127. The molecule has 2 amide bonds. The van der Waals surface area contributed by atoms with Gasteiger partial charge in [0.2, 0.25) is 11.8 Å². The van der Waals surface area contributed by atoms with Crippen LogP contribution < -0.4 is 16.0 Å². The number of para-hydroxylation sites is 1. The molecule has 0 unspecified atom stereocenters. The Bertz CT molecular complexity index is 731. The second-order valence-corrected chi connectivity index (χ2v) is 5.60. The first-order valence-electron chi connectivity index (χ1n) is 8.06. The molecule has 0 atom stereocenters. The number of methoxy groups -OCH3 is 1. The van der Waals surface area contributed by atoms with Crippen LogP contribution in [0.4, 0.5) is 17.1 Å². The summed E-state index contributed by atoms with van der Waals surface area (Å²) in [5.74, 6) is -0.338. The number of rotatable bonds is 8. The van der Waals surface area contributed by atoms with Crippen molar-refractivity contribution < 1.29 is 14.3 Å². The van der Waals surface area contributed by atoms with Gasteiger partial charge in [0.15, 0.2) is 0 Å². The van der Waals surface area contributed by atoms with Crippen LogP contribution in [0, 0.1) is 6.92 Å². The molecule has 0 aliphatic heterocycles. The summed E-state index contributed by atoms with van der Waals surface area (Å²) in [7, 11) is 1.46. The fraction of sp³-hybridized carbons (Fsp3) is 0.263. The number of anilines is 3. The summed E-state index contributed by atoms with van der Waals surface area (Å²) in [5, 5.41) is 8.78. The van der Waals surface area contributed by atoms with E-state index in [1.807, 2.05) is 31.2 Å². The fourth-order valence-electron chi connectivity index (χ4n) is 2.31. The monoisotopic (exact) mass is 341 g/mol. The van der Waals surface area contributed by atoms with Gasteiger partial charge in [-0.25, -0.2) is 0 Å². The highest BCUT2D eigenvalue weighted by Gasteiger charge is 2.05. The lowest BCUT2D eigenvalue weighted by Gasteiger charge is -2.10. The van der Waals surface area contributed by atoms with Gasteiger partial charge in [-0.3, -0.25) is 9.59 Å². The normalized spacial score (nSPS) is 10.2. The number of hydrogen-bond acceptors (Lipinski definition) is 4. The van der Waals surface area contributed by atoms with Crippen molar-refractivity contribution in [3.8, 4) is 0 Å². The third-order valence-electron chi connectivity index (χ3n) is 3.52. The van der Waals surface area contributed by atoms with Crippen molar-refractivity contribution in [1.29, 1.82) is 0 Å². The van der Waals surface area contributed by atoms with Crippen LogP contribution in [0.25, 0.3) is 0 Å². The van der Waals surface area contributed by atoms with Crippen LogP contribution in [0.5, 0.6) is 0 Å². The molecule has 0 aromatic heterocycles. The van der Waals surface area contributed by atoms with Gasteiger partial charge >= 0.3 is 0 Å². The second kappa shape index (κ2) is 9.44. The number of nitrogens with one attached hydrogen (secondary N) is 3. The van der Waals surface area contributed by atoms with Crippen LogP contribution >= 0.6 is 0 Å². The molecule has 0 saturated carbocycles. The predicted octanol–water partition coefficient (Wildman–Crippen LogP) is 3.02. The van der Waals surface area contributed by atoms with E-state index >= 15 is 0 Å². The summed E-state index contributed by atoms with van der Waals surface area (Å²) in [6.07, 6.45) is 0.342. The Morgan fingerprint density at radius 1 is 0.960 bits per heavy atom. The number of hydrogen-bond donors (Lipinski definition) is 3. The van der Waals surface area contributed by atoms with Gasteiger partial charge in [0.05, 0.1) is 0 Å². The molecule has 2 rings (SSSR count). The van der Waals surface area contributed by atoms with Crippen LogP contribution in [0.3, 0.4) is 0 Å². The van der Waals surface area contributed by atoms with Crippen LogP contribution in [0.1, 0.15) is 12.0 Å². The molecule has 0 bridgehead atoms. The summed E-state index contributed by atoms with van der Waals surface area (Å²) in [4.78, 5) is 23.6. The number of ether oxygens (including phenoxy) is 1. The number of amides is 2. The van der Waals surface area contributed by atoms with Gasteiger partial charge in [0, 0.05) is 37.1 Å². The van der Waals surface area contributed by atoms with Crippen LogP contribution in [-0.2, 0) is 14.3 Å². The zero-order valence-corrected chi connectivity index (χ0v) is 14.5. The van der Waals surface area contributed by atoms with E-state index in [-0.39, 0.29) is 18.4 Å². The summed E-state index contributed by atoms with van der Waals surface area (Å²) < 4.78 is 4.77. The lowest BCUT2D eigenvalue weighted by Crippen LogP contribution is -2.18.